The second-order valence-electron chi connectivity index (χ2n) is 8.88. The summed E-state index contributed by atoms with van der Waals surface area (Å²) in [6.45, 7) is 8.26. The monoisotopic (exact) mass is 419 g/mol. The van der Waals surface area contributed by atoms with Crippen molar-refractivity contribution in [3.05, 3.63) is 70.8 Å². The Bertz CT molecular complexity index is 926. The number of piperidine rings is 1. The molecule has 1 unspecified atom stereocenters. The van der Waals surface area contributed by atoms with Gasteiger partial charge < -0.3 is 10.5 Å². The summed E-state index contributed by atoms with van der Waals surface area (Å²) < 4.78 is 6.04. The zero-order valence-electron chi connectivity index (χ0n) is 18.4. The topological polar surface area (TPSA) is 58.8 Å². The van der Waals surface area contributed by atoms with Crippen LogP contribution in [-0.4, -0.2) is 48.5 Å². The highest BCUT2D eigenvalue weighted by Crippen LogP contribution is 2.26. The van der Waals surface area contributed by atoms with Crippen molar-refractivity contribution in [3.8, 4) is 5.75 Å². The maximum atomic E-state index is 11.6. The highest BCUT2D eigenvalue weighted by Gasteiger charge is 2.24. The van der Waals surface area contributed by atoms with Crippen molar-refractivity contribution in [2.45, 2.75) is 32.9 Å². The van der Waals surface area contributed by atoms with Crippen molar-refractivity contribution in [1.29, 1.82) is 0 Å². The minimum absolute atomic E-state index is 0.0206. The van der Waals surface area contributed by atoms with Gasteiger partial charge in [0.2, 0.25) is 5.91 Å². The van der Waals surface area contributed by atoms with E-state index in [4.69, 9.17) is 10.5 Å². The van der Waals surface area contributed by atoms with E-state index in [1.54, 1.807) is 0 Å². The highest BCUT2D eigenvalue weighted by atomic mass is 16.5. The van der Waals surface area contributed by atoms with E-state index in [0.29, 0.717) is 6.61 Å². The number of likely N-dealkylation sites (tertiary alicyclic amines) is 1. The van der Waals surface area contributed by atoms with Crippen molar-refractivity contribution in [1.82, 2.24) is 9.80 Å². The van der Waals surface area contributed by atoms with Gasteiger partial charge in [-0.2, -0.15) is 0 Å². The molecule has 0 spiro atoms. The largest absolute Gasteiger partial charge is 0.492 e. The average Bonchev–Trinajstić information content (AvgIpc) is 2.95. The van der Waals surface area contributed by atoms with Gasteiger partial charge in [-0.3, -0.25) is 14.6 Å². The molecule has 4 rings (SSSR count). The first-order chi connectivity index (χ1) is 15.1. The first-order valence-corrected chi connectivity index (χ1v) is 11.3. The number of benzene rings is 2. The molecule has 2 aliphatic heterocycles. The van der Waals surface area contributed by atoms with E-state index in [0.717, 1.165) is 57.9 Å². The molecule has 2 aromatic carbocycles. The van der Waals surface area contributed by atoms with Crippen molar-refractivity contribution < 1.29 is 9.53 Å². The summed E-state index contributed by atoms with van der Waals surface area (Å²) in [6, 6.07) is 17.0. The normalized spacial score (nSPS) is 20.5. The molecular formula is C26H33N3O2. The second-order valence-corrected chi connectivity index (χ2v) is 8.88. The van der Waals surface area contributed by atoms with Gasteiger partial charge >= 0.3 is 0 Å². The fraction of sp³-hybridized carbons (Fsp3) is 0.423. The van der Waals surface area contributed by atoms with Crippen LogP contribution in [0, 0.1) is 5.92 Å². The van der Waals surface area contributed by atoms with Crippen molar-refractivity contribution in [2.75, 3.05) is 32.8 Å². The molecule has 0 saturated carbocycles. The van der Waals surface area contributed by atoms with Gasteiger partial charge in [0.1, 0.15) is 12.4 Å². The minimum atomic E-state index is -0.172. The molecular weight excluding hydrogens is 386 g/mol. The summed E-state index contributed by atoms with van der Waals surface area (Å²) in [5.74, 6) is 0.798. The predicted octanol–water partition coefficient (Wildman–Crippen LogP) is 3.68. The lowest BCUT2D eigenvalue weighted by Gasteiger charge is -2.31. The third-order valence-electron chi connectivity index (χ3n) is 6.18. The molecule has 1 atom stereocenters. The number of fused-ring (bicyclic) bond motifs is 1. The van der Waals surface area contributed by atoms with E-state index in [1.807, 2.05) is 6.07 Å². The molecule has 164 valence electrons. The lowest BCUT2D eigenvalue weighted by atomic mass is 9.97. The van der Waals surface area contributed by atoms with E-state index in [1.165, 1.54) is 22.3 Å². The van der Waals surface area contributed by atoms with Crippen LogP contribution in [0.3, 0.4) is 0 Å². The minimum Gasteiger partial charge on any atom is -0.492 e. The van der Waals surface area contributed by atoms with Crippen LogP contribution in [0.4, 0.5) is 0 Å². The summed E-state index contributed by atoms with van der Waals surface area (Å²) in [7, 11) is 0. The van der Waals surface area contributed by atoms with Gasteiger partial charge in [-0.25, -0.2) is 0 Å². The van der Waals surface area contributed by atoms with Gasteiger partial charge in [0.25, 0.3) is 0 Å². The number of nitrogens with two attached hydrogens (primary N) is 1. The zero-order chi connectivity index (χ0) is 21.6. The average molecular weight is 420 g/mol. The Kier molecular flexibility index (Phi) is 7.05. The van der Waals surface area contributed by atoms with Gasteiger partial charge in [0, 0.05) is 38.3 Å². The van der Waals surface area contributed by atoms with Crippen molar-refractivity contribution in [2.24, 2.45) is 11.7 Å². The van der Waals surface area contributed by atoms with E-state index in [2.05, 4.69) is 65.3 Å². The van der Waals surface area contributed by atoms with Crippen molar-refractivity contribution >= 4 is 12.0 Å². The number of hydrogen-bond acceptors (Lipinski definition) is 4. The van der Waals surface area contributed by atoms with Crippen LogP contribution < -0.4 is 10.5 Å². The van der Waals surface area contributed by atoms with Gasteiger partial charge in [0.15, 0.2) is 0 Å². The molecule has 2 aromatic rings. The van der Waals surface area contributed by atoms with Crippen LogP contribution in [0.15, 0.2) is 54.1 Å². The summed E-state index contributed by atoms with van der Waals surface area (Å²) >= 11 is 0. The van der Waals surface area contributed by atoms with Gasteiger partial charge in [-0.1, -0.05) is 48.0 Å². The lowest BCUT2D eigenvalue weighted by molar-refractivity contribution is -0.123. The number of carbonyl (C=O) groups is 1. The Morgan fingerprint density at radius 2 is 2.00 bits per heavy atom. The number of ether oxygens (including phenoxy) is 1. The Morgan fingerprint density at radius 3 is 2.81 bits per heavy atom. The number of primary amides is 1. The summed E-state index contributed by atoms with van der Waals surface area (Å²) in [5, 5.41) is 0. The molecule has 1 amide bonds. The van der Waals surface area contributed by atoms with E-state index < -0.39 is 0 Å². The standard InChI is InChI=1S/C26H33N3O2/c1-20(14-21-6-3-2-4-7-21)16-29-12-13-31-25-10-9-22(15-24(25)19-29)17-28-11-5-8-23(18-28)26(27)30/h2-4,6-7,9-10,14-15,23H,5,8,11-13,16-19H2,1H3,(H2,27,30). The van der Waals surface area contributed by atoms with Crippen LogP contribution in [0.2, 0.25) is 0 Å². The Labute approximate surface area is 185 Å². The first kappa shape index (κ1) is 21.6. The number of carbonyl (C=O) groups excluding carboxylic acids is 1. The Hall–Kier alpha value is -2.63. The lowest BCUT2D eigenvalue weighted by Crippen LogP contribution is -2.40. The van der Waals surface area contributed by atoms with E-state index >= 15 is 0 Å². The first-order valence-electron chi connectivity index (χ1n) is 11.3. The highest BCUT2D eigenvalue weighted by molar-refractivity contribution is 5.76. The van der Waals surface area contributed by atoms with Crippen molar-refractivity contribution in [3.63, 3.8) is 0 Å². The summed E-state index contributed by atoms with van der Waals surface area (Å²) in [6.07, 6.45) is 4.20. The second kappa shape index (κ2) is 10.1. The molecule has 2 aliphatic rings. The van der Waals surface area contributed by atoms with Crippen LogP contribution in [0.5, 0.6) is 5.75 Å². The predicted molar refractivity (Wildman–Crippen MR) is 125 cm³/mol. The molecule has 2 heterocycles. The maximum absolute atomic E-state index is 11.6. The van der Waals surface area contributed by atoms with Crippen LogP contribution >= 0.6 is 0 Å². The molecule has 5 nitrogen and oxygen atoms in total. The molecule has 0 radical (unpaired) electrons. The maximum Gasteiger partial charge on any atom is 0.221 e. The quantitative estimate of drug-likeness (QED) is 0.776. The molecule has 0 aromatic heterocycles. The fourth-order valence-corrected chi connectivity index (χ4v) is 4.66. The number of amides is 1. The van der Waals surface area contributed by atoms with Crippen LogP contribution in [-0.2, 0) is 17.9 Å². The van der Waals surface area contributed by atoms with Gasteiger partial charge in [-0.05, 0) is 49.6 Å². The zero-order valence-corrected chi connectivity index (χ0v) is 18.4. The van der Waals surface area contributed by atoms with Gasteiger partial charge in [0.05, 0.1) is 5.92 Å². The van der Waals surface area contributed by atoms with Crippen LogP contribution in [0.1, 0.15) is 36.5 Å². The third kappa shape index (κ3) is 5.96. The molecule has 0 bridgehead atoms. The Morgan fingerprint density at radius 1 is 1.16 bits per heavy atom. The Balaban J connectivity index is 1.42. The number of nitrogens with zero attached hydrogens (tertiary/aromatic N) is 2. The molecule has 1 fully saturated rings. The van der Waals surface area contributed by atoms with E-state index in [9.17, 15) is 4.79 Å². The fourth-order valence-electron chi connectivity index (χ4n) is 4.66. The van der Waals surface area contributed by atoms with Crippen LogP contribution in [0.25, 0.3) is 6.08 Å². The third-order valence-corrected chi connectivity index (χ3v) is 6.18. The smallest absolute Gasteiger partial charge is 0.221 e. The molecule has 5 heteroatoms. The molecule has 1 saturated heterocycles. The molecule has 2 N–H and O–H groups in total. The molecule has 0 aliphatic carbocycles. The number of hydrogen-bond donors (Lipinski definition) is 1. The number of rotatable bonds is 6. The summed E-state index contributed by atoms with van der Waals surface area (Å²) in [5.41, 5.74) is 10.6. The van der Waals surface area contributed by atoms with Gasteiger partial charge in [-0.15, -0.1) is 0 Å². The van der Waals surface area contributed by atoms with E-state index in [-0.39, 0.29) is 11.8 Å². The molecule has 31 heavy (non-hydrogen) atoms. The summed E-state index contributed by atoms with van der Waals surface area (Å²) in [4.78, 5) is 16.4. The SMILES string of the molecule is CC(=Cc1ccccc1)CN1CCOc2ccc(CN3CCCC(C(N)=O)C3)cc2C1.